The number of aromatic nitrogens is 3. The number of aromatic amines is 1. The SMILES string of the molecule is Cc1nn(C)c(C)c1S(=O)(=O)NCC(c1ccc(F)cc1)c1c[nH]c2ccccc12. The van der Waals surface area contributed by atoms with Crippen LogP contribution in [0.3, 0.4) is 0 Å². The Morgan fingerprint density at radius 3 is 2.50 bits per heavy atom. The highest BCUT2D eigenvalue weighted by atomic mass is 32.2. The third-order valence-corrected chi connectivity index (χ3v) is 7.13. The van der Waals surface area contributed by atoms with E-state index in [9.17, 15) is 12.8 Å². The number of benzene rings is 2. The number of hydrogen-bond acceptors (Lipinski definition) is 3. The first-order valence-corrected chi connectivity index (χ1v) is 11.1. The lowest BCUT2D eigenvalue weighted by Gasteiger charge is -2.18. The van der Waals surface area contributed by atoms with Gasteiger partial charge in [-0.3, -0.25) is 4.68 Å². The van der Waals surface area contributed by atoms with Crippen LogP contribution in [0.5, 0.6) is 0 Å². The summed E-state index contributed by atoms with van der Waals surface area (Å²) in [6.07, 6.45) is 1.88. The topological polar surface area (TPSA) is 79.8 Å². The van der Waals surface area contributed by atoms with Crippen LogP contribution in [0.2, 0.25) is 0 Å². The first-order valence-electron chi connectivity index (χ1n) is 9.59. The highest BCUT2D eigenvalue weighted by molar-refractivity contribution is 7.89. The number of sulfonamides is 1. The summed E-state index contributed by atoms with van der Waals surface area (Å²) >= 11 is 0. The van der Waals surface area contributed by atoms with Crippen molar-refractivity contribution < 1.29 is 12.8 Å². The number of nitrogens with one attached hydrogen (secondary N) is 2. The van der Waals surface area contributed by atoms with Gasteiger partial charge in [-0.2, -0.15) is 5.10 Å². The molecule has 2 aromatic carbocycles. The number of aryl methyl sites for hydroxylation is 2. The van der Waals surface area contributed by atoms with Crippen molar-refractivity contribution >= 4 is 20.9 Å². The number of rotatable bonds is 6. The van der Waals surface area contributed by atoms with E-state index in [1.54, 1.807) is 37.7 Å². The molecular formula is C22H23FN4O2S. The summed E-state index contributed by atoms with van der Waals surface area (Å²) < 4.78 is 44.0. The molecule has 2 aromatic heterocycles. The molecule has 0 saturated carbocycles. The number of halogens is 1. The summed E-state index contributed by atoms with van der Waals surface area (Å²) in [6, 6.07) is 14.0. The fraction of sp³-hybridized carbons (Fsp3) is 0.227. The predicted molar refractivity (Wildman–Crippen MR) is 114 cm³/mol. The van der Waals surface area contributed by atoms with E-state index in [4.69, 9.17) is 0 Å². The molecule has 0 amide bonds. The van der Waals surface area contributed by atoms with E-state index in [0.29, 0.717) is 11.4 Å². The van der Waals surface area contributed by atoms with Gasteiger partial charge in [-0.1, -0.05) is 30.3 Å². The van der Waals surface area contributed by atoms with E-state index in [0.717, 1.165) is 22.0 Å². The normalized spacial score (nSPS) is 13.1. The molecule has 0 radical (unpaired) electrons. The second kappa shape index (κ2) is 7.70. The van der Waals surface area contributed by atoms with Crippen LogP contribution in [0.1, 0.15) is 28.4 Å². The third-order valence-electron chi connectivity index (χ3n) is 5.46. The van der Waals surface area contributed by atoms with Crippen molar-refractivity contribution in [2.75, 3.05) is 6.54 Å². The molecule has 6 nitrogen and oxygen atoms in total. The summed E-state index contributed by atoms with van der Waals surface area (Å²) in [5, 5.41) is 5.21. The third kappa shape index (κ3) is 3.64. The molecule has 0 spiro atoms. The van der Waals surface area contributed by atoms with Gasteiger partial charge in [-0.05, 0) is 43.2 Å². The fourth-order valence-corrected chi connectivity index (χ4v) is 5.37. The lowest BCUT2D eigenvalue weighted by molar-refractivity contribution is 0.575. The van der Waals surface area contributed by atoms with Crippen LogP contribution in [-0.2, 0) is 17.1 Å². The molecule has 4 aromatic rings. The average molecular weight is 427 g/mol. The van der Waals surface area contributed by atoms with Gasteiger partial charge in [0.25, 0.3) is 0 Å². The number of H-pyrrole nitrogens is 1. The molecule has 30 heavy (non-hydrogen) atoms. The largest absolute Gasteiger partial charge is 0.361 e. The van der Waals surface area contributed by atoms with E-state index >= 15 is 0 Å². The molecule has 2 heterocycles. The maximum absolute atomic E-state index is 13.5. The van der Waals surface area contributed by atoms with Crippen LogP contribution in [0.4, 0.5) is 4.39 Å². The first kappa shape index (κ1) is 20.3. The van der Waals surface area contributed by atoms with Gasteiger partial charge < -0.3 is 4.98 Å². The average Bonchev–Trinajstić information content (AvgIpc) is 3.24. The second-order valence-corrected chi connectivity index (χ2v) is 9.07. The van der Waals surface area contributed by atoms with Crippen molar-refractivity contribution in [2.24, 2.45) is 7.05 Å². The maximum Gasteiger partial charge on any atom is 0.244 e. The molecule has 2 N–H and O–H groups in total. The Morgan fingerprint density at radius 1 is 1.13 bits per heavy atom. The minimum atomic E-state index is -3.77. The lowest BCUT2D eigenvalue weighted by atomic mass is 9.91. The summed E-state index contributed by atoms with van der Waals surface area (Å²) in [4.78, 5) is 3.43. The van der Waals surface area contributed by atoms with Crippen LogP contribution >= 0.6 is 0 Å². The Labute approximate surface area is 174 Å². The van der Waals surface area contributed by atoms with Crippen LogP contribution in [0.15, 0.2) is 59.6 Å². The Kier molecular flexibility index (Phi) is 5.21. The zero-order chi connectivity index (χ0) is 21.5. The Balaban J connectivity index is 1.73. The number of para-hydroxylation sites is 1. The van der Waals surface area contributed by atoms with Crippen LogP contribution in [0.25, 0.3) is 10.9 Å². The minimum Gasteiger partial charge on any atom is -0.361 e. The first-order chi connectivity index (χ1) is 14.3. The van der Waals surface area contributed by atoms with Gasteiger partial charge in [0.15, 0.2) is 0 Å². The zero-order valence-corrected chi connectivity index (χ0v) is 17.8. The summed E-state index contributed by atoms with van der Waals surface area (Å²) in [5.41, 5.74) is 3.75. The monoisotopic (exact) mass is 426 g/mol. The number of hydrogen-bond donors (Lipinski definition) is 2. The van der Waals surface area contributed by atoms with E-state index in [2.05, 4.69) is 14.8 Å². The Hall–Kier alpha value is -2.97. The van der Waals surface area contributed by atoms with Gasteiger partial charge in [-0.15, -0.1) is 0 Å². The molecule has 1 unspecified atom stereocenters. The summed E-state index contributed by atoms with van der Waals surface area (Å²) in [6.45, 7) is 3.54. The molecule has 0 bridgehead atoms. The standard InChI is InChI=1S/C22H23FN4O2S/c1-14-22(15(2)27(3)26-14)30(28,29)25-13-19(16-8-10-17(23)11-9-16)20-12-24-21-7-5-4-6-18(20)21/h4-12,19,24-25H,13H2,1-3H3. The number of fused-ring (bicyclic) bond motifs is 1. The molecule has 0 aliphatic heterocycles. The fourth-order valence-electron chi connectivity index (χ4n) is 3.89. The van der Waals surface area contributed by atoms with Gasteiger partial charge in [0.2, 0.25) is 10.0 Å². The van der Waals surface area contributed by atoms with Crippen molar-refractivity contribution in [3.05, 3.63) is 83.1 Å². The maximum atomic E-state index is 13.5. The smallest absolute Gasteiger partial charge is 0.244 e. The van der Waals surface area contributed by atoms with Crippen molar-refractivity contribution in [2.45, 2.75) is 24.7 Å². The van der Waals surface area contributed by atoms with Crippen LogP contribution < -0.4 is 4.72 Å². The Morgan fingerprint density at radius 2 is 1.83 bits per heavy atom. The summed E-state index contributed by atoms with van der Waals surface area (Å²) in [5.74, 6) is -0.632. The second-order valence-electron chi connectivity index (χ2n) is 7.37. The van der Waals surface area contributed by atoms with E-state index in [1.165, 1.54) is 12.1 Å². The molecule has 4 rings (SSSR count). The number of nitrogens with zero attached hydrogens (tertiary/aromatic N) is 2. The van der Waals surface area contributed by atoms with Crippen LogP contribution in [0, 0.1) is 19.7 Å². The minimum absolute atomic E-state index is 0.129. The molecule has 8 heteroatoms. The van der Waals surface area contributed by atoms with E-state index in [-0.39, 0.29) is 23.2 Å². The van der Waals surface area contributed by atoms with Crippen molar-refractivity contribution in [1.82, 2.24) is 19.5 Å². The van der Waals surface area contributed by atoms with Crippen molar-refractivity contribution in [3.63, 3.8) is 0 Å². The van der Waals surface area contributed by atoms with Crippen molar-refractivity contribution in [3.8, 4) is 0 Å². The molecule has 0 saturated heterocycles. The van der Waals surface area contributed by atoms with E-state index < -0.39 is 10.0 Å². The quantitative estimate of drug-likeness (QED) is 0.493. The van der Waals surface area contributed by atoms with Crippen molar-refractivity contribution in [1.29, 1.82) is 0 Å². The molecule has 156 valence electrons. The lowest BCUT2D eigenvalue weighted by Crippen LogP contribution is -2.29. The highest BCUT2D eigenvalue weighted by Gasteiger charge is 2.26. The highest BCUT2D eigenvalue weighted by Crippen LogP contribution is 2.31. The van der Waals surface area contributed by atoms with E-state index in [1.807, 2.05) is 30.5 Å². The van der Waals surface area contributed by atoms with Crippen LogP contribution in [-0.4, -0.2) is 29.7 Å². The Bertz CT molecular complexity index is 1310. The van der Waals surface area contributed by atoms with Gasteiger partial charge >= 0.3 is 0 Å². The molecular weight excluding hydrogens is 403 g/mol. The molecule has 0 aliphatic carbocycles. The molecule has 0 aliphatic rings. The zero-order valence-electron chi connectivity index (χ0n) is 17.0. The summed E-state index contributed by atoms with van der Waals surface area (Å²) in [7, 11) is -2.06. The van der Waals surface area contributed by atoms with Gasteiger partial charge in [0.1, 0.15) is 10.7 Å². The molecule has 1 atom stereocenters. The molecule has 0 fully saturated rings. The predicted octanol–water partition coefficient (Wildman–Crippen LogP) is 3.77. The van der Waals surface area contributed by atoms with Gasteiger partial charge in [-0.25, -0.2) is 17.5 Å². The van der Waals surface area contributed by atoms with Gasteiger partial charge in [0, 0.05) is 36.6 Å². The van der Waals surface area contributed by atoms with Gasteiger partial charge in [0.05, 0.1) is 11.4 Å².